The molecule has 2 heterocycles. The van der Waals surface area contributed by atoms with Gasteiger partial charge >= 0.3 is 5.97 Å². The van der Waals surface area contributed by atoms with E-state index in [-0.39, 0.29) is 53.5 Å². The van der Waals surface area contributed by atoms with Gasteiger partial charge in [-0.3, -0.25) is 39.5 Å². The number of Topliss-reactive ketones (excluding diaryl/α,β-unsaturated/α-hetero) is 1. The van der Waals surface area contributed by atoms with Crippen LogP contribution >= 0.6 is 0 Å². The van der Waals surface area contributed by atoms with E-state index >= 15 is 0 Å². The van der Waals surface area contributed by atoms with Crippen LogP contribution in [-0.2, 0) is 9.53 Å². The van der Waals surface area contributed by atoms with Crippen molar-refractivity contribution in [3.63, 3.8) is 0 Å². The minimum atomic E-state index is -0.781. The summed E-state index contributed by atoms with van der Waals surface area (Å²) in [4.78, 5) is 73.3. The van der Waals surface area contributed by atoms with Gasteiger partial charge < -0.3 is 9.15 Å². The molecule has 1 N–H and O–H groups in total. The van der Waals surface area contributed by atoms with E-state index in [1.54, 1.807) is 6.92 Å². The van der Waals surface area contributed by atoms with Gasteiger partial charge in [0.1, 0.15) is 16.9 Å². The summed E-state index contributed by atoms with van der Waals surface area (Å²) in [6, 6.07) is 3.92. The van der Waals surface area contributed by atoms with Crippen molar-refractivity contribution in [2.75, 3.05) is 18.5 Å². The fourth-order valence-electron chi connectivity index (χ4n) is 4.05. The Balaban J connectivity index is 1.54. The Labute approximate surface area is 205 Å². The van der Waals surface area contributed by atoms with Gasteiger partial charge in [0, 0.05) is 19.0 Å². The largest absolute Gasteiger partial charge is 0.462 e. The second-order valence-corrected chi connectivity index (χ2v) is 8.09. The molecule has 0 unspecified atom stereocenters. The lowest BCUT2D eigenvalue weighted by atomic mass is 10.1. The highest BCUT2D eigenvalue weighted by atomic mass is 16.6. The molecular weight excluding hydrogens is 474 g/mol. The molecule has 1 aromatic carbocycles. The third-order valence-electron chi connectivity index (χ3n) is 5.63. The van der Waals surface area contributed by atoms with Crippen LogP contribution in [0.5, 0.6) is 0 Å². The molecule has 0 fully saturated rings. The van der Waals surface area contributed by atoms with Crippen molar-refractivity contribution in [1.82, 2.24) is 4.90 Å². The predicted octanol–water partition coefficient (Wildman–Crippen LogP) is 3.67. The zero-order chi connectivity index (χ0) is 26.6. The molecule has 0 aliphatic carbocycles. The Morgan fingerprint density at radius 1 is 1.11 bits per heavy atom. The van der Waals surface area contributed by atoms with E-state index in [1.807, 2.05) is 0 Å². The van der Waals surface area contributed by atoms with Gasteiger partial charge in [-0.1, -0.05) is 12.5 Å². The van der Waals surface area contributed by atoms with E-state index in [4.69, 9.17) is 9.15 Å². The Morgan fingerprint density at radius 2 is 1.83 bits per heavy atom. The lowest BCUT2D eigenvalue weighted by Gasteiger charge is -2.13. The molecule has 190 valence electrons. The maximum Gasteiger partial charge on any atom is 0.344 e. The molecule has 0 atom stereocenters. The number of carbonyl (C=O) groups is 5. The number of aryl methyl sites for hydroxylation is 1. The van der Waals surface area contributed by atoms with Gasteiger partial charge in [0.15, 0.2) is 5.78 Å². The van der Waals surface area contributed by atoms with Crippen molar-refractivity contribution in [2.45, 2.75) is 46.5 Å². The number of benzene rings is 1. The van der Waals surface area contributed by atoms with Gasteiger partial charge in [0.2, 0.25) is 11.8 Å². The first kappa shape index (κ1) is 26.3. The molecule has 3 rings (SSSR count). The van der Waals surface area contributed by atoms with Crippen LogP contribution in [0, 0.1) is 17.0 Å². The van der Waals surface area contributed by atoms with Crippen molar-refractivity contribution >= 4 is 41.0 Å². The number of amides is 3. The van der Waals surface area contributed by atoms with Crippen LogP contribution in [0.25, 0.3) is 0 Å². The molecule has 12 nitrogen and oxygen atoms in total. The molecule has 3 amide bonds. The van der Waals surface area contributed by atoms with E-state index < -0.39 is 40.1 Å². The number of ketones is 1. The first-order valence-corrected chi connectivity index (χ1v) is 11.3. The minimum absolute atomic E-state index is 0.00431. The topological polar surface area (TPSA) is 166 Å². The molecule has 0 radical (unpaired) electrons. The van der Waals surface area contributed by atoms with E-state index in [0.29, 0.717) is 19.3 Å². The lowest BCUT2D eigenvalue weighted by molar-refractivity contribution is -0.385. The molecule has 0 saturated heterocycles. The van der Waals surface area contributed by atoms with Crippen molar-refractivity contribution in [3.8, 4) is 0 Å². The summed E-state index contributed by atoms with van der Waals surface area (Å²) in [5.41, 5.74) is -0.694. The molecule has 1 aliphatic rings. The number of nitro benzene ring substituents is 1. The number of carbonyl (C=O) groups excluding carboxylic acids is 5. The van der Waals surface area contributed by atoms with E-state index in [2.05, 4.69) is 5.32 Å². The second-order valence-electron chi connectivity index (χ2n) is 8.09. The number of nitrogens with zero attached hydrogens (tertiary/aromatic N) is 2. The molecule has 36 heavy (non-hydrogen) atoms. The van der Waals surface area contributed by atoms with Gasteiger partial charge in [0.05, 0.1) is 22.7 Å². The van der Waals surface area contributed by atoms with E-state index in [9.17, 15) is 34.1 Å². The Bertz CT molecular complexity index is 1260. The fraction of sp³-hybridized carbons (Fsp3) is 0.375. The number of anilines is 1. The lowest BCUT2D eigenvalue weighted by Crippen LogP contribution is -2.30. The zero-order valence-corrected chi connectivity index (χ0v) is 20.0. The summed E-state index contributed by atoms with van der Waals surface area (Å²) in [6.45, 7) is 4.52. The van der Waals surface area contributed by atoms with Crippen LogP contribution in [0.3, 0.4) is 0 Å². The smallest absolute Gasteiger partial charge is 0.344 e. The predicted molar refractivity (Wildman–Crippen MR) is 125 cm³/mol. The summed E-state index contributed by atoms with van der Waals surface area (Å²) in [7, 11) is 0. The third-order valence-corrected chi connectivity index (χ3v) is 5.63. The summed E-state index contributed by atoms with van der Waals surface area (Å²) < 4.78 is 10.4. The van der Waals surface area contributed by atoms with Gasteiger partial charge in [-0.05, 0) is 39.7 Å². The number of imide groups is 1. The fourth-order valence-corrected chi connectivity index (χ4v) is 4.05. The summed E-state index contributed by atoms with van der Waals surface area (Å²) >= 11 is 0. The number of hydrogen-bond donors (Lipinski definition) is 1. The summed E-state index contributed by atoms with van der Waals surface area (Å²) in [5.74, 6) is -2.91. The number of ether oxygens (including phenoxy) is 1. The van der Waals surface area contributed by atoms with E-state index in [1.165, 1.54) is 32.0 Å². The molecule has 0 bridgehead atoms. The van der Waals surface area contributed by atoms with Crippen LogP contribution in [0.2, 0.25) is 0 Å². The average molecular weight is 499 g/mol. The molecule has 1 aliphatic heterocycles. The second kappa shape index (κ2) is 10.9. The Kier molecular flexibility index (Phi) is 7.97. The highest BCUT2D eigenvalue weighted by Gasteiger charge is 2.40. The van der Waals surface area contributed by atoms with Crippen molar-refractivity contribution < 1.29 is 38.1 Å². The quantitative estimate of drug-likeness (QED) is 0.121. The normalized spacial score (nSPS) is 12.5. The van der Waals surface area contributed by atoms with Gasteiger partial charge in [-0.25, -0.2) is 4.79 Å². The number of unbranched alkanes of at least 4 members (excludes halogenated alkanes) is 2. The van der Waals surface area contributed by atoms with Crippen LogP contribution in [-0.4, -0.2) is 52.4 Å². The first-order valence-electron chi connectivity index (χ1n) is 11.3. The monoisotopic (exact) mass is 499 g/mol. The summed E-state index contributed by atoms with van der Waals surface area (Å²) in [6.07, 6.45) is 1.30. The third kappa shape index (κ3) is 5.16. The van der Waals surface area contributed by atoms with Crippen LogP contribution in [0.4, 0.5) is 11.6 Å². The van der Waals surface area contributed by atoms with Crippen molar-refractivity contribution in [2.24, 2.45) is 0 Å². The number of fused-ring (bicyclic) bond motifs is 1. The molecular formula is C24H25N3O9. The van der Waals surface area contributed by atoms with Crippen LogP contribution in [0.15, 0.2) is 22.6 Å². The summed E-state index contributed by atoms with van der Waals surface area (Å²) in [5, 5.41) is 13.7. The maximum absolute atomic E-state index is 12.6. The van der Waals surface area contributed by atoms with Crippen LogP contribution in [0.1, 0.15) is 86.7 Å². The maximum atomic E-state index is 12.6. The van der Waals surface area contributed by atoms with Crippen molar-refractivity contribution in [3.05, 3.63) is 56.3 Å². The number of hydrogen-bond acceptors (Lipinski definition) is 9. The highest BCUT2D eigenvalue weighted by molar-refractivity contribution is 6.23. The molecule has 0 spiro atoms. The number of rotatable bonds is 11. The van der Waals surface area contributed by atoms with E-state index in [0.717, 1.165) is 4.90 Å². The number of furan rings is 1. The molecule has 12 heteroatoms. The molecule has 0 saturated carbocycles. The van der Waals surface area contributed by atoms with Gasteiger partial charge in [-0.2, -0.15) is 0 Å². The first-order chi connectivity index (χ1) is 17.1. The minimum Gasteiger partial charge on any atom is -0.462 e. The van der Waals surface area contributed by atoms with Crippen molar-refractivity contribution in [1.29, 1.82) is 0 Å². The zero-order valence-electron chi connectivity index (χ0n) is 20.0. The average Bonchev–Trinajstić information content (AvgIpc) is 3.27. The standard InChI is InChI=1S/C24H25N3O9/c1-4-35-24(32)20-18(13(2)28)14(3)36-21(20)25-17(29)11-6-5-7-12-26-22(30)15-9-8-10-16(27(33)34)19(15)23(26)31/h8-10H,4-7,11-12H2,1-3H3,(H,25,29). The van der Waals surface area contributed by atoms with Crippen LogP contribution < -0.4 is 5.32 Å². The molecule has 2 aromatic rings. The Morgan fingerprint density at radius 3 is 2.47 bits per heavy atom. The number of nitro groups is 1. The van der Waals surface area contributed by atoms with Gasteiger partial charge in [0.25, 0.3) is 17.5 Å². The van der Waals surface area contributed by atoms with Gasteiger partial charge in [-0.15, -0.1) is 0 Å². The Hall–Kier alpha value is -4.35. The SMILES string of the molecule is CCOC(=O)c1c(NC(=O)CCCCCN2C(=O)c3cccc([N+](=O)[O-])c3C2=O)oc(C)c1C(C)=O. The highest BCUT2D eigenvalue weighted by Crippen LogP contribution is 2.31. The number of esters is 1. The number of nitrogens with one attached hydrogen (secondary N) is 1. The molecule has 1 aromatic heterocycles.